The molecule has 0 heterocycles. The molecular formula is C18H15ClN2O5S2. The maximum absolute atomic E-state index is 12.6. The van der Waals surface area contributed by atoms with Crippen LogP contribution in [0.15, 0.2) is 82.6 Å². The van der Waals surface area contributed by atoms with Crippen LogP contribution in [0.25, 0.3) is 0 Å². The second-order valence-corrected chi connectivity index (χ2v) is 9.51. The lowest BCUT2D eigenvalue weighted by atomic mass is 10.3. The molecule has 0 radical (unpaired) electrons. The minimum absolute atomic E-state index is 0.0280. The number of aromatic hydroxyl groups is 1. The molecule has 0 spiro atoms. The first-order chi connectivity index (χ1) is 13.2. The summed E-state index contributed by atoms with van der Waals surface area (Å²) in [6.07, 6.45) is 0. The summed E-state index contributed by atoms with van der Waals surface area (Å²) in [6.45, 7) is 0. The second kappa shape index (κ2) is 7.70. The predicted molar refractivity (Wildman–Crippen MR) is 108 cm³/mol. The highest BCUT2D eigenvalue weighted by Gasteiger charge is 2.20. The largest absolute Gasteiger partial charge is 0.506 e. The molecule has 0 amide bonds. The number of sulfonamides is 2. The molecule has 3 aromatic carbocycles. The van der Waals surface area contributed by atoms with Gasteiger partial charge in [0.15, 0.2) is 0 Å². The molecule has 3 aromatic rings. The van der Waals surface area contributed by atoms with Crippen molar-refractivity contribution in [2.75, 3.05) is 9.44 Å². The monoisotopic (exact) mass is 438 g/mol. The predicted octanol–water partition coefficient (Wildman–Crippen LogP) is 3.65. The molecule has 3 N–H and O–H groups in total. The van der Waals surface area contributed by atoms with Crippen molar-refractivity contribution in [2.45, 2.75) is 9.79 Å². The minimum Gasteiger partial charge on any atom is -0.506 e. The summed E-state index contributed by atoms with van der Waals surface area (Å²) >= 11 is 5.85. The maximum Gasteiger partial charge on any atom is 0.262 e. The van der Waals surface area contributed by atoms with E-state index in [4.69, 9.17) is 11.6 Å². The number of halogens is 1. The van der Waals surface area contributed by atoms with Gasteiger partial charge in [0, 0.05) is 5.02 Å². The normalized spacial score (nSPS) is 11.8. The Morgan fingerprint density at radius 3 is 2.07 bits per heavy atom. The van der Waals surface area contributed by atoms with E-state index in [-0.39, 0.29) is 21.2 Å². The van der Waals surface area contributed by atoms with Crippen LogP contribution in [0.3, 0.4) is 0 Å². The highest BCUT2D eigenvalue weighted by Crippen LogP contribution is 2.29. The van der Waals surface area contributed by atoms with Crippen molar-refractivity contribution >= 4 is 43.0 Å². The summed E-state index contributed by atoms with van der Waals surface area (Å²) in [4.78, 5) is -0.268. The molecule has 0 aromatic heterocycles. The van der Waals surface area contributed by atoms with Gasteiger partial charge in [-0.2, -0.15) is 0 Å². The molecule has 0 saturated carbocycles. The Morgan fingerprint density at radius 2 is 1.39 bits per heavy atom. The van der Waals surface area contributed by atoms with Gasteiger partial charge in [0.25, 0.3) is 20.0 Å². The Kier molecular flexibility index (Phi) is 5.50. The zero-order chi connectivity index (χ0) is 20.4. The molecule has 0 aliphatic rings. The molecule has 3 rings (SSSR count). The van der Waals surface area contributed by atoms with Gasteiger partial charge in [-0.05, 0) is 48.5 Å². The van der Waals surface area contributed by atoms with Gasteiger partial charge in [-0.3, -0.25) is 9.44 Å². The van der Waals surface area contributed by atoms with Crippen LogP contribution in [-0.2, 0) is 20.0 Å². The van der Waals surface area contributed by atoms with Crippen molar-refractivity contribution in [1.82, 2.24) is 0 Å². The van der Waals surface area contributed by atoms with E-state index >= 15 is 0 Å². The van der Waals surface area contributed by atoms with Crippen molar-refractivity contribution in [3.63, 3.8) is 0 Å². The third kappa shape index (κ3) is 4.56. The highest BCUT2D eigenvalue weighted by atomic mass is 35.5. The molecule has 0 saturated heterocycles. The molecule has 0 atom stereocenters. The Morgan fingerprint density at radius 1 is 0.714 bits per heavy atom. The molecule has 0 bridgehead atoms. The number of phenols is 1. The van der Waals surface area contributed by atoms with E-state index in [9.17, 15) is 21.9 Å². The van der Waals surface area contributed by atoms with Gasteiger partial charge >= 0.3 is 0 Å². The van der Waals surface area contributed by atoms with Gasteiger partial charge in [-0.25, -0.2) is 16.8 Å². The van der Waals surface area contributed by atoms with E-state index in [0.29, 0.717) is 5.02 Å². The van der Waals surface area contributed by atoms with Crippen LogP contribution < -0.4 is 9.44 Å². The molecule has 7 nitrogen and oxygen atoms in total. The zero-order valence-electron chi connectivity index (χ0n) is 14.2. The number of rotatable bonds is 6. The van der Waals surface area contributed by atoms with Crippen LogP contribution in [0.5, 0.6) is 5.75 Å². The number of phenolic OH excluding ortho intramolecular Hbond substituents is 1. The molecule has 146 valence electrons. The quantitative estimate of drug-likeness (QED) is 0.508. The van der Waals surface area contributed by atoms with E-state index in [1.807, 2.05) is 0 Å². The fourth-order valence-electron chi connectivity index (χ4n) is 2.33. The number of hydrogen-bond acceptors (Lipinski definition) is 5. The molecule has 0 fully saturated rings. The van der Waals surface area contributed by atoms with Crippen LogP contribution in [0.4, 0.5) is 11.4 Å². The Hall–Kier alpha value is -2.75. The fraction of sp³-hybridized carbons (Fsp3) is 0. The number of benzene rings is 3. The first kappa shape index (κ1) is 20.0. The third-order valence-electron chi connectivity index (χ3n) is 3.65. The summed E-state index contributed by atoms with van der Waals surface area (Å²) in [5.41, 5.74) is -0.0233. The van der Waals surface area contributed by atoms with Crippen LogP contribution in [0.1, 0.15) is 0 Å². The van der Waals surface area contributed by atoms with Crippen molar-refractivity contribution in [3.05, 3.63) is 77.8 Å². The SMILES string of the molecule is O=S(=O)(Nc1cccc(Cl)c1)c1ccc(O)c(NS(=O)(=O)c2ccccc2)c1. The summed E-state index contributed by atoms with van der Waals surface area (Å²) in [5.74, 6) is -0.416. The Labute approximate surface area is 167 Å². The molecular weight excluding hydrogens is 424 g/mol. The van der Waals surface area contributed by atoms with E-state index in [1.165, 1.54) is 24.3 Å². The average molecular weight is 439 g/mol. The lowest BCUT2D eigenvalue weighted by Crippen LogP contribution is -2.15. The summed E-state index contributed by atoms with van der Waals surface area (Å²) < 4.78 is 54.6. The van der Waals surface area contributed by atoms with Crippen molar-refractivity contribution in [2.24, 2.45) is 0 Å². The molecule has 10 heteroatoms. The first-order valence-corrected chi connectivity index (χ1v) is 11.2. The van der Waals surface area contributed by atoms with Gasteiger partial charge in [-0.1, -0.05) is 35.9 Å². The topological polar surface area (TPSA) is 113 Å². The lowest BCUT2D eigenvalue weighted by Gasteiger charge is -2.13. The van der Waals surface area contributed by atoms with Gasteiger partial charge in [0.1, 0.15) is 5.75 Å². The molecule has 0 aliphatic carbocycles. The van der Waals surface area contributed by atoms with Gasteiger partial charge < -0.3 is 5.11 Å². The zero-order valence-corrected chi connectivity index (χ0v) is 16.6. The van der Waals surface area contributed by atoms with Gasteiger partial charge in [0.05, 0.1) is 21.2 Å². The van der Waals surface area contributed by atoms with Crippen molar-refractivity contribution in [3.8, 4) is 5.75 Å². The van der Waals surface area contributed by atoms with E-state index in [2.05, 4.69) is 9.44 Å². The highest BCUT2D eigenvalue weighted by molar-refractivity contribution is 7.93. The Balaban J connectivity index is 1.93. The number of nitrogens with one attached hydrogen (secondary N) is 2. The average Bonchev–Trinajstić information content (AvgIpc) is 2.63. The summed E-state index contributed by atoms with van der Waals surface area (Å²) in [6, 6.07) is 16.9. The van der Waals surface area contributed by atoms with E-state index in [0.717, 1.165) is 18.2 Å². The van der Waals surface area contributed by atoms with Crippen LogP contribution in [0, 0.1) is 0 Å². The number of hydrogen-bond donors (Lipinski definition) is 3. The van der Waals surface area contributed by atoms with Crippen molar-refractivity contribution in [1.29, 1.82) is 0 Å². The van der Waals surface area contributed by atoms with Crippen LogP contribution in [0.2, 0.25) is 5.02 Å². The smallest absolute Gasteiger partial charge is 0.262 e. The minimum atomic E-state index is -4.04. The van der Waals surface area contributed by atoms with E-state index < -0.39 is 25.8 Å². The standard InChI is InChI=1S/C18H15ClN2O5S2/c19-13-5-4-6-14(11-13)20-28(25,26)16-9-10-18(22)17(12-16)21-27(23,24)15-7-2-1-3-8-15/h1-12,20-22H. The van der Waals surface area contributed by atoms with Crippen LogP contribution in [-0.4, -0.2) is 21.9 Å². The second-order valence-electron chi connectivity index (χ2n) is 5.71. The fourth-order valence-corrected chi connectivity index (χ4v) is 4.69. The summed E-state index contributed by atoms with van der Waals surface area (Å²) in [7, 11) is -8.05. The van der Waals surface area contributed by atoms with Gasteiger partial charge in [0.2, 0.25) is 0 Å². The Bertz CT molecular complexity index is 1210. The van der Waals surface area contributed by atoms with Crippen molar-refractivity contribution < 1.29 is 21.9 Å². The van der Waals surface area contributed by atoms with E-state index in [1.54, 1.807) is 30.3 Å². The van der Waals surface area contributed by atoms with Crippen LogP contribution >= 0.6 is 11.6 Å². The first-order valence-electron chi connectivity index (χ1n) is 7.87. The summed E-state index contributed by atoms with van der Waals surface area (Å²) in [5, 5.41) is 10.3. The molecule has 28 heavy (non-hydrogen) atoms. The maximum atomic E-state index is 12.6. The molecule has 0 unspecified atom stereocenters. The van der Waals surface area contributed by atoms with Gasteiger partial charge in [-0.15, -0.1) is 0 Å². The lowest BCUT2D eigenvalue weighted by molar-refractivity contribution is 0.477. The number of anilines is 2. The molecule has 0 aliphatic heterocycles. The third-order valence-corrected chi connectivity index (χ3v) is 6.65.